The first kappa shape index (κ1) is 57.0. The molecule has 5 aromatic heterocycles. The van der Waals surface area contributed by atoms with Crippen molar-refractivity contribution in [2.45, 2.75) is 88.3 Å². The van der Waals surface area contributed by atoms with E-state index in [1.807, 2.05) is 17.8 Å². The van der Waals surface area contributed by atoms with Gasteiger partial charge in [0.1, 0.15) is 5.71 Å². The number of unbranched alkanes of at least 4 members (excludes halogenated alkanes) is 6. The molecule has 19 heteroatoms. The summed E-state index contributed by atoms with van der Waals surface area (Å²) >= 11 is 8.93. The second-order valence-corrected chi connectivity index (χ2v) is 18.2. The Morgan fingerprint density at radius 2 is 1.49 bits per heavy atom. The number of allylic oxidation sites excluding steroid dienone is 1. The van der Waals surface area contributed by atoms with Gasteiger partial charge in [0.2, 0.25) is 0 Å². The van der Waals surface area contributed by atoms with Crippen LogP contribution in [0.5, 0.6) is 0 Å². The van der Waals surface area contributed by atoms with Crippen LogP contribution in [-0.2, 0) is 25.9 Å². The molecule has 0 radical (unpaired) electrons. The Morgan fingerprint density at radius 1 is 0.868 bits per heavy atom. The first-order valence-electron chi connectivity index (χ1n) is 21.2. The van der Waals surface area contributed by atoms with Crippen molar-refractivity contribution in [3.8, 4) is 34.6 Å². The number of carboxylic acids is 2. The average molecular weight is 1090 g/mol. The van der Waals surface area contributed by atoms with E-state index in [1.54, 1.807) is 53.7 Å². The average Bonchev–Trinajstić information content (AvgIpc) is 3.99. The fraction of sp³-hybridized carbons (Fsp3) is 0.306. The summed E-state index contributed by atoms with van der Waals surface area (Å²) in [5.41, 5.74) is 8.65. The van der Waals surface area contributed by atoms with Crippen LogP contribution in [0.2, 0.25) is 0 Å². The van der Waals surface area contributed by atoms with Gasteiger partial charge in [0.05, 0.1) is 50.2 Å². The van der Waals surface area contributed by atoms with Gasteiger partial charge in [0.15, 0.2) is 0 Å². The van der Waals surface area contributed by atoms with Gasteiger partial charge in [0, 0.05) is 34.7 Å². The van der Waals surface area contributed by atoms with E-state index >= 15 is 0 Å². The number of hydrogen-bond acceptors (Lipinski definition) is 12. The van der Waals surface area contributed by atoms with E-state index in [0.29, 0.717) is 22.7 Å². The second-order valence-electron chi connectivity index (χ2n) is 14.8. The van der Waals surface area contributed by atoms with Crippen molar-refractivity contribution in [1.82, 2.24) is 19.9 Å². The van der Waals surface area contributed by atoms with Crippen LogP contribution < -0.4 is 5.73 Å². The van der Waals surface area contributed by atoms with E-state index in [-0.39, 0.29) is 58.6 Å². The van der Waals surface area contributed by atoms with E-state index in [1.165, 1.54) is 86.1 Å². The largest absolute Gasteiger partial charge is 2.00 e. The van der Waals surface area contributed by atoms with E-state index in [2.05, 4.69) is 80.8 Å². The number of thioether (sulfide) groups is 2. The van der Waals surface area contributed by atoms with Crippen LogP contribution in [0, 0.1) is 17.3 Å². The topological polar surface area (TPSA) is 198 Å². The molecule has 0 aliphatic carbocycles. The smallest absolute Gasteiger partial charge is 0.753 e. The summed E-state index contributed by atoms with van der Waals surface area (Å²) in [6, 6.07) is 14.8. The van der Waals surface area contributed by atoms with Gasteiger partial charge in [0.25, 0.3) is 0 Å². The number of aromatic carboxylic acids is 2. The van der Waals surface area contributed by atoms with Crippen molar-refractivity contribution in [2.24, 2.45) is 5.73 Å². The van der Waals surface area contributed by atoms with Crippen molar-refractivity contribution in [3.05, 3.63) is 140 Å². The SMILES string of the molecule is CCCCCCSC1C=CSC1c1ccnc(/C(N)=C/C(=N)C(F)(F)F)c1.CCCCCCc1ccsc1C#Cc1ccnc(-c2cc(C(=O)O)cc(-c3cc(C(=O)O)ccn3)n2)c1.[N-]=C=S.[Ru+2]. The van der Waals surface area contributed by atoms with Gasteiger partial charge < -0.3 is 21.4 Å². The summed E-state index contributed by atoms with van der Waals surface area (Å²) in [5, 5.41) is 39.1. The summed E-state index contributed by atoms with van der Waals surface area (Å²) in [5.74, 6) is 5.32. The number of pyridine rings is 4. The molecule has 1 aliphatic heterocycles. The molecule has 0 bridgehead atoms. The van der Waals surface area contributed by atoms with Gasteiger partial charge in [-0.15, -0.1) is 23.1 Å². The molecular formula is C49H49F3N7O4RuS4+. The zero-order valence-electron chi connectivity index (χ0n) is 37.1. The summed E-state index contributed by atoms with van der Waals surface area (Å²) < 4.78 is 37.6. The Bertz CT molecular complexity index is 2640. The molecule has 6 heterocycles. The number of carboxylic acid groups (broad SMARTS) is 2. The van der Waals surface area contributed by atoms with Crippen LogP contribution in [-0.4, -0.2) is 70.1 Å². The van der Waals surface area contributed by atoms with Gasteiger partial charge in [-0.05, 0) is 108 Å². The van der Waals surface area contributed by atoms with Crippen LogP contribution in [0.15, 0.2) is 96.1 Å². The minimum atomic E-state index is -4.72. The summed E-state index contributed by atoms with van der Waals surface area (Å²) in [6.07, 6.45) is 13.3. The molecule has 0 aromatic carbocycles. The number of halogens is 3. The Labute approximate surface area is 425 Å². The third-order valence-electron chi connectivity index (χ3n) is 9.84. The molecule has 0 saturated heterocycles. The fourth-order valence-electron chi connectivity index (χ4n) is 6.42. The number of carbonyl (C=O) groups is 2. The minimum Gasteiger partial charge on any atom is -0.753 e. The first-order chi connectivity index (χ1) is 32.2. The van der Waals surface area contributed by atoms with Crippen molar-refractivity contribution in [3.63, 3.8) is 0 Å². The zero-order chi connectivity index (χ0) is 48.8. The number of rotatable bonds is 18. The van der Waals surface area contributed by atoms with Gasteiger partial charge in [-0.25, -0.2) is 14.6 Å². The summed E-state index contributed by atoms with van der Waals surface area (Å²) in [7, 11) is 0. The van der Waals surface area contributed by atoms with Crippen molar-refractivity contribution >= 4 is 75.6 Å². The number of aromatic nitrogens is 4. The third kappa shape index (κ3) is 18.3. The van der Waals surface area contributed by atoms with Gasteiger partial charge >= 0.3 is 37.6 Å². The third-order valence-corrected chi connectivity index (χ3v) is 13.4. The number of nitrogens with zero attached hydrogens (tertiary/aromatic N) is 5. The van der Waals surface area contributed by atoms with Gasteiger partial charge in [-0.1, -0.05) is 82.5 Å². The molecule has 356 valence electrons. The standard InChI is InChI=1S/C29H25N3O4S.C19H24F3N3S2.CNS.Ru/c1-2-3-4-5-6-20-11-14-37-27(20)8-7-19-9-12-30-23(15-19)25-17-22(29(35)36)18-26(32-25)24-16-21(28(33)34)10-13-31-24;1-2-3-4-5-9-26-16-7-10-27-18(16)13-6-8-25-15(11-13)14(23)12-17(24)19(20,21)22;2-1-3;/h9-18H,2-6H2,1H3,(H,33,34)(H,35,36);6-8,10-12,16,18,24H,2-5,9,23H2,1H3;;/q;;-1;+2/b;14-12-,24-17?;;. The van der Waals surface area contributed by atoms with E-state index in [0.717, 1.165) is 34.6 Å². The molecule has 0 amide bonds. The molecule has 6 rings (SSSR count). The summed E-state index contributed by atoms with van der Waals surface area (Å²) in [4.78, 5) is 41.4. The maximum Gasteiger partial charge on any atom is 2.00 e. The fourth-order valence-corrected chi connectivity index (χ4v) is 9.89. The number of aryl methyl sites for hydroxylation is 1. The quantitative estimate of drug-likeness (QED) is 0.0213. The molecule has 2 atom stereocenters. The van der Waals surface area contributed by atoms with Crippen molar-refractivity contribution < 1.29 is 52.5 Å². The molecule has 2 unspecified atom stereocenters. The maximum atomic E-state index is 12.5. The van der Waals surface area contributed by atoms with Crippen molar-refractivity contribution in [1.29, 1.82) is 5.41 Å². The molecular weight excluding hydrogens is 1040 g/mol. The van der Waals surface area contributed by atoms with Gasteiger partial charge in [-0.2, -0.15) is 30.1 Å². The number of thiocarbonyl (C=S) groups is 1. The number of isothiocyanates is 1. The molecule has 1 aliphatic rings. The number of thiophene rings is 1. The van der Waals surface area contributed by atoms with Crippen LogP contribution in [0.25, 0.3) is 33.9 Å². The number of nitrogens with two attached hydrogens (primary N) is 1. The van der Waals surface area contributed by atoms with Crippen LogP contribution in [0.3, 0.4) is 0 Å². The summed E-state index contributed by atoms with van der Waals surface area (Å²) in [6.45, 7) is 4.39. The van der Waals surface area contributed by atoms with Gasteiger partial charge in [-0.3, -0.25) is 20.4 Å². The van der Waals surface area contributed by atoms with E-state index < -0.39 is 23.8 Å². The zero-order valence-corrected chi connectivity index (χ0v) is 42.1. The van der Waals surface area contributed by atoms with Crippen molar-refractivity contribution in [2.75, 3.05) is 5.75 Å². The molecule has 11 nitrogen and oxygen atoms in total. The number of nitrogens with one attached hydrogen (secondary N) is 1. The van der Waals surface area contributed by atoms with Crippen LogP contribution >= 0.6 is 47.1 Å². The number of alkyl halides is 3. The normalized spacial score (nSPS) is 13.9. The van der Waals surface area contributed by atoms with E-state index in [9.17, 15) is 33.0 Å². The Balaban J connectivity index is 0.000000351. The molecule has 5 N–H and O–H groups in total. The Morgan fingerprint density at radius 3 is 2.13 bits per heavy atom. The molecule has 0 spiro atoms. The predicted octanol–water partition coefficient (Wildman–Crippen LogP) is 12.8. The monoisotopic (exact) mass is 1090 g/mol. The van der Waals surface area contributed by atoms with Crippen LogP contribution in [0.1, 0.15) is 118 Å². The first-order valence-corrected chi connectivity index (χ1v) is 24.5. The molecule has 0 fully saturated rings. The molecule has 5 aromatic rings. The number of hydrogen-bond donors (Lipinski definition) is 4. The second kappa shape index (κ2) is 29.5. The maximum absolute atomic E-state index is 12.5. The Kier molecular flexibility index (Phi) is 24.7. The van der Waals surface area contributed by atoms with E-state index in [4.69, 9.17) is 16.6 Å². The minimum absolute atomic E-state index is 0. The predicted molar refractivity (Wildman–Crippen MR) is 269 cm³/mol. The van der Waals surface area contributed by atoms with Crippen LogP contribution in [0.4, 0.5) is 13.2 Å². The Hall–Kier alpha value is -5.34. The molecule has 68 heavy (non-hydrogen) atoms. The molecule has 0 saturated carbocycles.